The predicted octanol–water partition coefficient (Wildman–Crippen LogP) is 3.61. The van der Waals surface area contributed by atoms with Crippen molar-refractivity contribution < 1.29 is 5.11 Å². The quantitative estimate of drug-likeness (QED) is 0.720. The minimum absolute atomic E-state index is 0.117. The zero-order valence-electron chi connectivity index (χ0n) is 11.0. The lowest BCUT2D eigenvalue weighted by atomic mass is 9.74. The van der Waals surface area contributed by atoms with Gasteiger partial charge in [0, 0.05) is 6.42 Å². The highest BCUT2D eigenvalue weighted by atomic mass is 16.3. The fourth-order valence-electron chi connectivity index (χ4n) is 2.78. The van der Waals surface area contributed by atoms with Crippen molar-refractivity contribution in [1.29, 1.82) is 0 Å². The van der Waals surface area contributed by atoms with Gasteiger partial charge in [-0.1, -0.05) is 13.8 Å². The van der Waals surface area contributed by atoms with Gasteiger partial charge < -0.3 is 5.11 Å². The lowest BCUT2D eigenvalue weighted by Crippen LogP contribution is -2.27. The molecule has 1 saturated carbocycles. The third-order valence-electron chi connectivity index (χ3n) is 4.05. The van der Waals surface area contributed by atoms with E-state index in [2.05, 4.69) is 25.7 Å². The van der Waals surface area contributed by atoms with E-state index in [4.69, 9.17) is 0 Å². The van der Waals surface area contributed by atoms with Crippen molar-refractivity contribution in [1.82, 2.24) is 0 Å². The molecule has 0 aromatic heterocycles. The number of aliphatic hydroxyl groups excluding tert-OH is 1. The van der Waals surface area contributed by atoms with Gasteiger partial charge in [0.15, 0.2) is 0 Å². The summed E-state index contributed by atoms with van der Waals surface area (Å²) in [6.45, 7) is 6.50. The van der Waals surface area contributed by atoms with Gasteiger partial charge in [-0.3, -0.25) is 0 Å². The van der Waals surface area contributed by atoms with E-state index >= 15 is 0 Å². The molecule has 1 unspecified atom stereocenters. The van der Waals surface area contributed by atoms with Crippen molar-refractivity contribution >= 4 is 0 Å². The highest BCUT2D eigenvalue weighted by molar-refractivity contribution is 4.95. The summed E-state index contributed by atoms with van der Waals surface area (Å²) in [6.07, 6.45) is 6.62. The first-order chi connectivity index (χ1) is 7.65. The van der Waals surface area contributed by atoms with Gasteiger partial charge in [-0.15, -0.1) is 11.8 Å². The number of hydrogen-bond acceptors (Lipinski definition) is 1. The molecule has 0 bridgehead atoms. The average Bonchev–Trinajstić information content (AvgIpc) is 2.29. The number of aliphatic hydroxyl groups is 1. The molecule has 0 heterocycles. The Morgan fingerprint density at radius 1 is 1.12 bits per heavy atom. The molecule has 0 spiro atoms. The van der Waals surface area contributed by atoms with Gasteiger partial charge >= 0.3 is 0 Å². The molecule has 1 aliphatic carbocycles. The van der Waals surface area contributed by atoms with E-state index in [0.29, 0.717) is 5.92 Å². The Labute approximate surface area is 101 Å². The highest BCUT2D eigenvalue weighted by Gasteiger charge is 2.27. The lowest BCUT2D eigenvalue weighted by Gasteiger charge is -2.33. The topological polar surface area (TPSA) is 20.2 Å². The lowest BCUT2D eigenvalue weighted by molar-refractivity contribution is 0.0620. The SMILES string of the molecule is CC#CCCC(O)C1CCC(C(C)C)CC1. The molecule has 1 rings (SSSR count). The van der Waals surface area contributed by atoms with E-state index in [-0.39, 0.29) is 6.10 Å². The molecule has 0 saturated heterocycles. The first-order valence-corrected chi connectivity index (χ1v) is 6.72. The molecule has 1 atom stereocenters. The first kappa shape index (κ1) is 13.6. The van der Waals surface area contributed by atoms with Gasteiger partial charge in [-0.25, -0.2) is 0 Å². The van der Waals surface area contributed by atoms with Crippen LogP contribution in [0, 0.1) is 29.6 Å². The summed E-state index contributed by atoms with van der Waals surface area (Å²) >= 11 is 0. The van der Waals surface area contributed by atoms with Crippen LogP contribution in [-0.4, -0.2) is 11.2 Å². The number of rotatable bonds is 4. The summed E-state index contributed by atoms with van der Waals surface area (Å²) < 4.78 is 0. The summed E-state index contributed by atoms with van der Waals surface area (Å²) in [5.74, 6) is 8.16. The van der Waals surface area contributed by atoms with Crippen molar-refractivity contribution in [2.75, 3.05) is 0 Å². The second-order valence-electron chi connectivity index (χ2n) is 5.45. The van der Waals surface area contributed by atoms with Crippen molar-refractivity contribution in [3.63, 3.8) is 0 Å². The summed E-state index contributed by atoms with van der Waals surface area (Å²) in [4.78, 5) is 0. The summed E-state index contributed by atoms with van der Waals surface area (Å²) in [7, 11) is 0. The fourth-order valence-corrected chi connectivity index (χ4v) is 2.78. The van der Waals surface area contributed by atoms with Gasteiger partial charge in [-0.2, -0.15) is 0 Å². The summed E-state index contributed by atoms with van der Waals surface area (Å²) in [6, 6.07) is 0. The maximum Gasteiger partial charge on any atom is 0.0577 e. The summed E-state index contributed by atoms with van der Waals surface area (Å²) in [5, 5.41) is 10.1. The van der Waals surface area contributed by atoms with E-state index in [1.54, 1.807) is 0 Å². The second kappa shape index (κ2) is 6.97. The average molecular weight is 222 g/mol. The van der Waals surface area contributed by atoms with Crippen LogP contribution in [0.15, 0.2) is 0 Å². The molecule has 1 fully saturated rings. The molecular weight excluding hydrogens is 196 g/mol. The van der Waals surface area contributed by atoms with E-state index in [1.807, 2.05) is 6.92 Å². The van der Waals surface area contributed by atoms with E-state index in [9.17, 15) is 5.11 Å². The van der Waals surface area contributed by atoms with Crippen LogP contribution in [0.1, 0.15) is 59.3 Å². The van der Waals surface area contributed by atoms with Crippen LogP contribution in [0.5, 0.6) is 0 Å². The Bertz CT molecular complexity index is 238. The van der Waals surface area contributed by atoms with Crippen molar-refractivity contribution in [2.24, 2.45) is 17.8 Å². The molecule has 0 radical (unpaired) electrons. The van der Waals surface area contributed by atoms with Gasteiger partial charge in [0.1, 0.15) is 0 Å². The van der Waals surface area contributed by atoms with Crippen LogP contribution in [0.4, 0.5) is 0 Å². The maximum atomic E-state index is 10.1. The van der Waals surface area contributed by atoms with Crippen LogP contribution >= 0.6 is 0 Å². The highest BCUT2D eigenvalue weighted by Crippen LogP contribution is 2.35. The van der Waals surface area contributed by atoms with Crippen LogP contribution in [-0.2, 0) is 0 Å². The molecule has 0 aliphatic heterocycles. The largest absolute Gasteiger partial charge is 0.393 e. The molecule has 0 aromatic rings. The predicted molar refractivity (Wildman–Crippen MR) is 69.0 cm³/mol. The Hall–Kier alpha value is -0.480. The minimum Gasteiger partial charge on any atom is -0.393 e. The van der Waals surface area contributed by atoms with Crippen molar-refractivity contribution in [3.05, 3.63) is 0 Å². The normalized spacial score (nSPS) is 27.3. The van der Waals surface area contributed by atoms with Gasteiger partial charge in [-0.05, 0) is 56.8 Å². The molecule has 1 nitrogen and oxygen atoms in total. The Balaban J connectivity index is 2.26. The fraction of sp³-hybridized carbons (Fsp3) is 0.867. The Morgan fingerprint density at radius 2 is 1.69 bits per heavy atom. The van der Waals surface area contributed by atoms with Crippen molar-refractivity contribution in [3.8, 4) is 11.8 Å². The standard InChI is InChI=1S/C15H26O/c1-4-5-6-7-15(16)14-10-8-13(9-11-14)12(2)3/h12-16H,6-11H2,1-3H3. The molecule has 0 aromatic carbocycles. The third-order valence-corrected chi connectivity index (χ3v) is 4.05. The van der Waals surface area contributed by atoms with E-state index in [1.165, 1.54) is 25.7 Å². The van der Waals surface area contributed by atoms with Crippen LogP contribution < -0.4 is 0 Å². The van der Waals surface area contributed by atoms with Gasteiger partial charge in [0.2, 0.25) is 0 Å². The Morgan fingerprint density at radius 3 is 2.19 bits per heavy atom. The molecule has 92 valence electrons. The molecule has 0 amide bonds. The monoisotopic (exact) mass is 222 g/mol. The molecule has 1 heteroatoms. The van der Waals surface area contributed by atoms with Crippen molar-refractivity contribution in [2.45, 2.75) is 65.4 Å². The second-order valence-corrected chi connectivity index (χ2v) is 5.45. The number of hydrogen-bond donors (Lipinski definition) is 1. The zero-order valence-corrected chi connectivity index (χ0v) is 11.0. The van der Waals surface area contributed by atoms with Crippen LogP contribution in [0.25, 0.3) is 0 Å². The molecule has 16 heavy (non-hydrogen) atoms. The molecular formula is C15H26O. The van der Waals surface area contributed by atoms with E-state index < -0.39 is 0 Å². The third kappa shape index (κ3) is 4.18. The maximum absolute atomic E-state index is 10.1. The molecule has 1 aliphatic rings. The van der Waals surface area contributed by atoms with Gasteiger partial charge in [0.05, 0.1) is 6.10 Å². The summed E-state index contributed by atoms with van der Waals surface area (Å²) in [5.41, 5.74) is 0. The Kier molecular flexibility index (Phi) is 5.91. The smallest absolute Gasteiger partial charge is 0.0577 e. The van der Waals surface area contributed by atoms with Crippen LogP contribution in [0.3, 0.4) is 0 Å². The minimum atomic E-state index is -0.117. The molecule has 1 N–H and O–H groups in total. The van der Waals surface area contributed by atoms with Crippen LogP contribution in [0.2, 0.25) is 0 Å². The van der Waals surface area contributed by atoms with E-state index in [0.717, 1.165) is 24.7 Å². The van der Waals surface area contributed by atoms with Gasteiger partial charge in [0.25, 0.3) is 0 Å². The first-order valence-electron chi connectivity index (χ1n) is 6.72. The zero-order chi connectivity index (χ0) is 12.0.